The molecule has 1 aromatic rings. The summed E-state index contributed by atoms with van der Waals surface area (Å²) in [5.41, 5.74) is -0.0572. The molecule has 2 saturated heterocycles. The third-order valence-electron chi connectivity index (χ3n) is 4.95. The van der Waals surface area contributed by atoms with E-state index in [1.165, 1.54) is 11.0 Å². The minimum Gasteiger partial charge on any atom is -0.339 e. The number of sulfone groups is 1. The second kappa shape index (κ2) is 6.94. The van der Waals surface area contributed by atoms with Crippen molar-refractivity contribution >= 4 is 27.3 Å². The number of hydrogen-bond acceptors (Lipinski definition) is 4. The number of carbonyl (C=O) groups is 2. The fourth-order valence-electron chi connectivity index (χ4n) is 3.66. The van der Waals surface area contributed by atoms with Gasteiger partial charge in [0.15, 0.2) is 9.84 Å². The highest BCUT2D eigenvalue weighted by Crippen LogP contribution is 2.30. The summed E-state index contributed by atoms with van der Waals surface area (Å²) >= 11 is 0. The highest BCUT2D eigenvalue weighted by molar-refractivity contribution is 7.91. The molecular weight excluding hydrogens is 366 g/mol. The number of rotatable bonds is 4. The zero-order valence-electron chi connectivity index (χ0n) is 14.3. The van der Waals surface area contributed by atoms with Crippen LogP contribution < -0.4 is 4.90 Å². The molecule has 3 rings (SSSR count). The van der Waals surface area contributed by atoms with E-state index in [-0.39, 0.29) is 42.1 Å². The van der Waals surface area contributed by atoms with Gasteiger partial charge in [-0.2, -0.15) is 0 Å². The van der Waals surface area contributed by atoms with Gasteiger partial charge in [0.2, 0.25) is 11.8 Å². The van der Waals surface area contributed by atoms with Crippen LogP contribution in [0.5, 0.6) is 0 Å². The summed E-state index contributed by atoms with van der Waals surface area (Å²) in [6.45, 7) is 2.10. The average Bonchev–Trinajstić information content (AvgIpc) is 3.11. The molecule has 2 amide bonds. The Morgan fingerprint density at radius 1 is 1.35 bits per heavy atom. The van der Waals surface area contributed by atoms with Gasteiger partial charge in [-0.1, -0.05) is 0 Å². The number of halogens is 2. The maximum Gasteiger partial charge on any atom is 0.228 e. The Balaban J connectivity index is 1.76. The van der Waals surface area contributed by atoms with Gasteiger partial charge >= 0.3 is 0 Å². The number of hydrogen-bond donors (Lipinski definition) is 0. The first kappa shape index (κ1) is 18.8. The zero-order chi connectivity index (χ0) is 19.1. The van der Waals surface area contributed by atoms with Crippen LogP contribution in [0.15, 0.2) is 18.2 Å². The first-order valence-corrected chi connectivity index (χ1v) is 10.3. The minimum absolute atomic E-state index is 0.00378. The summed E-state index contributed by atoms with van der Waals surface area (Å²) in [5.74, 6) is -3.00. The van der Waals surface area contributed by atoms with E-state index in [0.29, 0.717) is 19.0 Å². The Labute approximate surface area is 150 Å². The third-order valence-corrected chi connectivity index (χ3v) is 6.70. The lowest BCUT2D eigenvalue weighted by atomic mass is 10.1. The lowest BCUT2D eigenvalue weighted by molar-refractivity contribution is -0.137. The molecule has 2 unspecified atom stereocenters. The summed E-state index contributed by atoms with van der Waals surface area (Å²) in [5, 5.41) is 0. The molecule has 2 heterocycles. The predicted molar refractivity (Wildman–Crippen MR) is 91.3 cm³/mol. The van der Waals surface area contributed by atoms with Crippen molar-refractivity contribution in [2.45, 2.75) is 25.8 Å². The molecule has 0 saturated carbocycles. The molecule has 2 atom stereocenters. The Kier molecular flexibility index (Phi) is 5.01. The van der Waals surface area contributed by atoms with Crippen LogP contribution in [0.25, 0.3) is 0 Å². The number of anilines is 1. The normalized spacial score (nSPS) is 24.9. The Bertz CT molecular complexity index is 843. The van der Waals surface area contributed by atoms with E-state index in [4.69, 9.17) is 0 Å². The van der Waals surface area contributed by atoms with Gasteiger partial charge in [0, 0.05) is 31.6 Å². The molecule has 0 spiro atoms. The summed E-state index contributed by atoms with van der Waals surface area (Å²) < 4.78 is 50.4. The Morgan fingerprint density at radius 3 is 2.65 bits per heavy atom. The molecule has 0 N–H and O–H groups in total. The van der Waals surface area contributed by atoms with Crippen molar-refractivity contribution in [2.24, 2.45) is 5.92 Å². The van der Waals surface area contributed by atoms with Gasteiger partial charge in [0.25, 0.3) is 0 Å². The van der Waals surface area contributed by atoms with E-state index >= 15 is 0 Å². The van der Waals surface area contributed by atoms with Crippen LogP contribution in [0.1, 0.15) is 19.8 Å². The van der Waals surface area contributed by atoms with Crippen LogP contribution in [0.4, 0.5) is 14.5 Å². The van der Waals surface area contributed by atoms with E-state index in [1.54, 1.807) is 6.92 Å². The molecule has 142 valence electrons. The molecule has 2 aliphatic heterocycles. The van der Waals surface area contributed by atoms with E-state index in [0.717, 1.165) is 11.0 Å². The van der Waals surface area contributed by atoms with E-state index in [9.17, 15) is 26.8 Å². The fraction of sp³-hybridized carbons (Fsp3) is 0.529. The average molecular weight is 386 g/mol. The van der Waals surface area contributed by atoms with Crippen molar-refractivity contribution in [3.05, 3.63) is 29.8 Å². The fourth-order valence-corrected chi connectivity index (χ4v) is 5.39. The molecule has 2 fully saturated rings. The summed E-state index contributed by atoms with van der Waals surface area (Å²) in [7, 11) is -3.14. The first-order valence-electron chi connectivity index (χ1n) is 8.48. The maximum absolute atomic E-state index is 14.0. The molecule has 26 heavy (non-hydrogen) atoms. The Morgan fingerprint density at radius 2 is 2.08 bits per heavy atom. The predicted octanol–water partition coefficient (Wildman–Crippen LogP) is 1.35. The maximum atomic E-state index is 14.0. The van der Waals surface area contributed by atoms with Crippen molar-refractivity contribution in [2.75, 3.05) is 29.5 Å². The van der Waals surface area contributed by atoms with Crippen LogP contribution in [0, 0.1) is 17.6 Å². The minimum atomic E-state index is -3.14. The summed E-state index contributed by atoms with van der Waals surface area (Å²) in [4.78, 5) is 27.8. The van der Waals surface area contributed by atoms with Crippen molar-refractivity contribution in [1.82, 2.24) is 4.90 Å². The van der Waals surface area contributed by atoms with Gasteiger partial charge in [0.05, 0.1) is 23.1 Å². The smallest absolute Gasteiger partial charge is 0.228 e. The topological polar surface area (TPSA) is 74.8 Å². The second-order valence-electron chi connectivity index (χ2n) is 6.68. The summed E-state index contributed by atoms with van der Waals surface area (Å²) in [6.07, 6.45) is 0.310. The molecule has 2 aliphatic rings. The van der Waals surface area contributed by atoms with E-state index in [1.807, 2.05) is 0 Å². The lowest BCUT2D eigenvalue weighted by Crippen LogP contribution is -2.44. The molecule has 1 aromatic carbocycles. The summed E-state index contributed by atoms with van der Waals surface area (Å²) in [6, 6.07) is 2.54. The molecule has 6 nitrogen and oxygen atoms in total. The zero-order valence-corrected chi connectivity index (χ0v) is 15.1. The molecule has 0 aliphatic carbocycles. The van der Waals surface area contributed by atoms with Crippen LogP contribution in [0.2, 0.25) is 0 Å². The standard InChI is InChI=1S/C17H20F2N2O4S/c1-2-20(13-5-6-26(24,25)10-13)17(23)11-7-16(22)21(9-11)15-4-3-12(18)8-14(15)19/h3-4,8,11,13H,2,5-7,9-10H2,1H3. The monoisotopic (exact) mass is 386 g/mol. The van der Waals surface area contributed by atoms with Crippen molar-refractivity contribution in [3.8, 4) is 0 Å². The van der Waals surface area contributed by atoms with Crippen LogP contribution >= 0.6 is 0 Å². The highest BCUT2D eigenvalue weighted by atomic mass is 32.2. The number of nitrogens with zero attached hydrogens (tertiary/aromatic N) is 2. The number of benzene rings is 1. The SMILES string of the molecule is CCN(C(=O)C1CC(=O)N(c2ccc(F)cc2F)C1)C1CCS(=O)(=O)C1. The van der Waals surface area contributed by atoms with Gasteiger partial charge in [-0.3, -0.25) is 9.59 Å². The van der Waals surface area contributed by atoms with E-state index in [2.05, 4.69) is 0 Å². The second-order valence-corrected chi connectivity index (χ2v) is 8.91. The lowest BCUT2D eigenvalue weighted by Gasteiger charge is -2.29. The highest BCUT2D eigenvalue weighted by Gasteiger charge is 2.41. The Hall–Kier alpha value is -2.03. The van der Waals surface area contributed by atoms with Gasteiger partial charge in [-0.25, -0.2) is 17.2 Å². The third kappa shape index (κ3) is 3.58. The van der Waals surface area contributed by atoms with Gasteiger partial charge in [0.1, 0.15) is 11.6 Å². The van der Waals surface area contributed by atoms with E-state index < -0.39 is 33.3 Å². The molecule has 0 bridgehead atoms. The molecule has 9 heteroatoms. The van der Waals surface area contributed by atoms with Crippen LogP contribution in [-0.4, -0.2) is 55.8 Å². The number of amides is 2. The molecular formula is C17H20F2N2O4S. The van der Waals surface area contributed by atoms with Gasteiger partial charge in [-0.05, 0) is 25.5 Å². The first-order chi connectivity index (χ1) is 12.2. The van der Waals surface area contributed by atoms with Crippen LogP contribution in [0.3, 0.4) is 0 Å². The van der Waals surface area contributed by atoms with Crippen molar-refractivity contribution in [3.63, 3.8) is 0 Å². The van der Waals surface area contributed by atoms with Gasteiger partial charge < -0.3 is 9.80 Å². The van der Waals surface area contributed by atoms with Crippen molar-refractivity contribution < 1.29 is 26.8 Å². The largest absolute Gasteiger partial charge is 0.339 e. The quantitative estimate of drug-likeness (QED) is 0.783. The van der Waals surface area contributed by atoms with Crippen molar-refractivity contribution in [1.29, 1.82) is 0 Å². The number of carbonyl (C=O) groups excluding carboxylic acids is 2. The molecule has 0 aromatic heterocycles. The van der Waals surface area contributed by atoms with Crippen LogP contribution in [-0.2, 0) is 19.4 Å². The van der Waals surface area contributed by atoms with Gasteiger partial charge in [-0.15, -0.1) is 0 Å². The molecule has 0 radical (unpaired) electrons.